The molecule has 0 aliphatic rings. The van der Waals surface area contributed by atoms with Crippen molar-refractivity contribution in [2.75, 3.05) is 33.5 Å². The Hall–Kier alpha value is -3.48. The molecule has 0 unspecified atom stereocenters. The van der Waals surface area contributed by atoms with Gasteiger partial charge in [-0.15, -0.1) is 0 Å². The average Bonchev–Trinajstić information content (AvgIpc) is 2.87. The molecule has 0 saturated heterocycles. The maximum absolute atomic E-state index is 13.3. The van der Waals surface area contributed by atoms with Crippen molar-refractivity contribution in [2.45, 2.75) is 20.0 Å². The van der Waals surface area contributed by atoms with Crippen molar-refractivity contribution in [2.24, 2.45) is 0 Å². The summed E-state index contributed by atoms with van der Waals surface area (Å²) in [6.45, 7) is 4.66. The quantitative estimate of drug-likeness (QED) is 0.207. The van der Waals surface area contributed by atoms with Gasteiger partial charge >= 0.3 is 5.97 Å². The number of hydrogen-bond acceptors (Lipinski definition) is 6. The standard InChI is InChI=1S/C28H31NO5/c1-3-33-16-17-34-27-15-14-24(18-25(27)28(31)32-2)26(30)21-29(19-22-10-6-4-7-11-22)20-23-12-8-5-9-13-23/h4-15,18H,3,16-17,19-21H2,1-2H3. The number of Topliss-reactive ketones (excluding diaryl/α,β-unsaturated/α-hetero) is 1. The van der Waals surface area contributed by atoms with Crippen LogP contribution in [0.5, 0.6) is 5.75 Å². The largest absolute Gasteiger partial charge is 0.490 e. The second-order valence-electron chi connectivity index (χ2n) is 7.79. The van der Waals surface area contributed by atoms with Crippen LogP contribution in [0.3, 0.4) is 0 Å². The molecular weight excluding hydrogens is 430 g/mol. The number of esters is 1. The number of ketones is 1. The topological polar surface area (TPSA) is 65.1 Å². The molecule has 0 atom stereocenters. The van der Waals surface area contributed by atoms with Crippen LogP contribution in [0.1, 0.15) is 38.8 Å². The van der Waals surface area contributed by atoms with E-state index in [9.17, 15) is 9.59 Å². The molecule has 0 radical (unpaired) electrons. The Bertz CT molecular complexity index is 1010. The average molecular weight is 462 g/mol. The van der Waals surface area contributed by atoms with Crippen molar-refractivity contribution >= 4 is 11.8 Å². The van der Waals surface area contributed by atoms with Crippen molar-refractivity contribution in [3.63, 3.8) is 0 Å². The molecule has 0 spiro atoms. The molecule has 34 heavy (non-hydrogen) atoms. The monoisotopic (exact) mass is 461 g/mol. The van der Waals surface area contributed by atoms with Crippen molar-refractivity contribution in [1.29, 1.82) is 0 Å². The lowest BCUT2D eigenvalue weighted by Crippen LogP contribution is -2.29. The van der Waals surface area contributed by atoms with E-state index in [1.54, 1.807) is 18.2 Å². The summed E-state index contributed by atoms with van der Waals surface area (Å²) in [5.41, 5.74) is 2.91. The van der Waals surface area contributed by atoms with Gasteiger partial charge in [0.2, 0.25) is 0 Å². The van der Waals surface area contributed by atoms with Gasteiger partial charge in [0.15, 0.2) is 5.78 Å². The van der Waals surface area contributed by atoms with Gasteiger partial charge in [0, 0.05) is 25.3 Å². The Morgan fingerprint density at radius 3 is 2.00 bits per heavy atom. The minimum atomic E-state index is -0.550. The van der Waals surface area contributed by atoms with Gasteiger partial charge in [-0.2, -0.15) is 0 Å². The number of ether oxygens (including phenoxy) is 3. The van der Waals surface area contributed by atoms with Crippen molar-refractivity contribution in [1.82, 2.24) is 4.90 Å². The molecule has 0 bridgehead atoms. The number of methoxy groups -OCH3 is 1. The molecule has 0 N–H and O–H groups in total. The molecule has 3 aromatic carbocycles. The van der Waals surface area contributed by atoms with E-state index in [1.165, 1.54) is 7.11 Å². The number of carbonyl (C=O) groups is 2. The summed E-state index contributed by atoms with van der Waals surface area (Å²) in [6.07, 6.45) is 0. The van der Waals surface area contributed by atoms with Crippen LogP contribution in [-0.4, -0.2) is 50.1 Å². The number of hydrogen-bond donors (Lipinski definition) is 0. The Balaban J connectivity index is 1.78. The first-order valence-electron chi connectivity index (χ1n) is 11.4. The van der Waals surface area contributed by atoms with E-state index in [0.29, 0.717) is 44.2 Å². The van der Waals surface area contributed by atoms with Gasteiger partial charge < -0.3 is 14.2 Å². The van der Waals surface area contributed by atoms with Crippen LogP contribution in [0.2, 0.25) is 0 Å². The number of carbonyl (C=O) groups excluding carboxylic acids is 2. The highest BCUT2D eigenvalue weighted by molar-refractivity contribution is 6.01. The summed E-state index contributed by atoms with van der Waals surface area (Å²) in [6, 6.07) is 25.0. The summed E-state index contributed by atoms with van der Waals surface area (Å²) in [5, 5.41) is 0. The maximum Gasteiger partial charge on any atom is 0.341 e. The van der Waals surface area contributed by atoms with Gasteiger partial charge in [0.05, 0.1) is 20.3 Å². The number of nitrogens with zero attached hydrogens (tertiary/aromatic N) is 1. The Morgan fingerprint density at radius 2 is 1.44 bits per heavy atom. The van der Waals surface area contributed by atoms with E-state index < -0.39 is 5.97 Å². The van der Waals surface area contributed by atoms with Crippen LogP contribution < -0.4 is 4.74 Å². The molecule has 0 heterocycles. The van der Waals surface area contributed by atoms with E-state index in [-0.39, 0.29) is 17.9 Å². The molecule has 0 aliphatic heterocycles. The molecule has 6 heteroatoms. The highest BCUT2D eigenvalue weighted by atomic mass is 16.5. The lowest BCUT2D eigenvalue weighted by molar-refractivity contribution is 0.0591. The van der Waals surface area contributed by atoms with Crippen molar-refractivity contribution < 1.29 is 23.8 Å². The predicted molar refractivity (Wildman–Crippen MR) is 131 cm³/mol. The normalized spacial score (nSPS) is 10.8. The van der Waals surface area contributed by atoms with E-state index in [1.807, 2.05) is 67.6 Å². The first-order chi connectivity index (χ1) is 16.6. The lowest BCUT2D eigenvalue weighted by atomic mass is 10.0. The fraction of sp³-hybridized carbons (Fsp3) is 0.286. The third-order valence-electron chi connectivity index (χ3n) is 5.26. The van der Waals surface area contributed by atoms with Crippen LogP contribution in [0, 0.1) is 0 Å². The Labute approximate surface area is 201 Å². The van der Waals surface area contributed by atoms with Crippen molar-refractivity contribution in [3.8, 4) is 5.75 Å². The minimum absolute atomic E-state index is 0.0853. The van der Waals surface area contributed by atoms with Gasteiger partial charge in [-0.1, -0.05) is 60.7 Å². The van der Waals surface area contributed by atoms with E-state index in [2.05, 4.69) is 4.90 Å². The van der Waals surface area contributed by atoms with Crippen LogP contribution >= 0.6 is 0 Å². The lowest BCUT2D eigenvalue weighted by Gasteiger charge is -2.22. The third kappa shape index (κ3) is 7.54. The first kappa shape index (κ1) is 25.1. The molecule has 6 nitrogen and oxygen atoms in total. The van der Waals surface area contributed by atoms with Crippen LogP contribution in [0.4, 0.5) is 0 Å². The second kappa shape index (κ2) is 13.3. The van der Waals surface area contributed by atoms with Gasteiger partial charge in [0.25, 0.3) is 0 Å². The van der Waals surface area contributed by atoms with Crippen molar-refractivity contribution in [3.05, 3.63) is 101 Å². The number of rotatable bonds is 13. The minimum Gasteiger partial charge on any atom is -0.490 e. The summed E-state index contributed by atoms with van der Waals surface area (Å²) in [7, 11) is 1.31. The summed E-state index contributed by atoms with van der Waals surface area (Å²) in [4.78, 5) is 27.7. The van der Waals surface area contributed by atoms with Crippen LogP contribution in [0.15, 0.2) is 78.9 Å². The fourth-order valence-corrected chi connectivity index (χ4v) is 3.60. The molecule has 0 fully saturated rings. The van der Waals surface area contributed by atoms with Gasteiger partial charge in [-0.05, 0) is 36.2 Å². The molecule has 0 aliphatic carbocycles. The van der Waals surface area contributed by atoms with Crippen LogP contribution in [-0.2, 0) is 22.6 Å². The highest BCUT2D eigenvalue weighted by Crippen LogP contribution is 2.22. The Morgan fingerprint density at radius 1 is 0.824 bits per heavy atom. The SMILES string of the molecule is CCOCCOc1ccc(C(=O)CN(Cc2ccccc2)Cc2ccccc2)cc1C(=O)OC. The molecule has 3 rings (SSSR count). The van der Waals surface area contributed by atoms with Gasteiger partial charge in [0.1, 0.15) is 17.9 Å². The summed E-state index contributed by atoms with van der Waals surface area (Å²) < 4.78 is 15.9. The zero-order valence-electron chi connectivity index (χ0n) is 19.7. The zero-order chi connectivity index (χ0) is 24.2. The van der Waals surface area contributed by atoms with Crippen LogP contribution in [0.25, 0.3) is 0 Å². The Kier molecular flexibility index (Phi) is 9.82. The number of benzene rings is 3. The van der Waals surface area contributed by atoms with E-state index >= 15 is 0 Å². The van der Waals surface area contributed by atoms with E-state index in [4.69, 9.17) is 14.2 Å². The highest BCUT2D eigenvalue weighted by Gasteiger charge is 2.19. The summed E-state index contributed by atoms with van der Waals surface area (Å²) >= 11 is 0. The van der Waals surface area contributed by atoms with Gasteiger partial charge in [-0.3, -0.25) is 9.69 Å². The smallest absolute Gasteiger partial charge is 0.341 e. The van der Waals surface area contributed by atoms with E-state index in [0.717, 1.165) is 11.1 Å². The second-order valence-corrected chi connectivity index (χ2v) is 7.79. The molecular formula is C28H31NO5. The first-order valence-corrected chi connectivity index (χ1v) is 11.4. The molecule has 0 amide bonds. The molecule has 178 valence electrons. The zero-order valence-corrected chi connectivity index (χ0v) is 19.7. The van der Waals surface area contributed by atoms with Gasteiger partial charge in [-0.25, -0.2) is 4.79 Å². The summed E-state index contributed by atoms with van der Waals surface area (Å²) in [5.74, 6) is -0.266. The fourth-order valence-electron chi connectivity index (χ4n) is 3.60. The molecule has 0 aromatic heterocycles. The molecule has 0 saturated carbocycles. The maximum atomic E-state index is 13.3. The predicted octanol–water partition coefficient (Wildman–Crippen LogP) is 4.77. The third-order valence-corrected chi connectivity index (χ3v) is 5.26. The molecule has 3 aromatic rings.